The van der Waals surface area contributed by atoms with Crippen molar-refractivity contribution in [3.63, 3.8) is 0 Å². The number of methoxy groups -OCH3 is 1. The van der Waals surface area contributed by atoms with Crippen LogP contribution in [-0.4, -0.2) is 36.0 Å². The zero-order valence-electron chi connectivity index (χ0n) is 15.1. The van der Waals surface area contributed by atoms with Gasteiger partial charge in [-0.25, -0.2) is 0 Å². The summed E-state index contributed by atoms with van der Waals surface area (Å²) >= 11 is 0. The summed E-state index contributed by atoms with van der Waals surface area (Å²) in [6.45, 7) is 1.66. The molecule has 1 saturated heterocycles. The molecule has 4 nitrogen and oxygen atoms in total. The predicted octanol–water partition coefficient (Wildman–Crippen LogP) is 4.27. The maximum absolute atomic E-state index is 12.7. The molecule has 134 valence electrons. The molecule has 1 N–H and O–H groups in total. The molecule has 26 heavy (non-hydrogen) atoms. The van der Waals surface area contributed by atoms with E-state index >= 15 is 0 Å². The largest absolute Gasteiger partial charge is 0.497 e. The Kier molecular flexibility index (Phi) is 4.65. The number of H-pyrrole nitrogens is 1. The van der Waals surface area contributed by atoms with Crippen LogP contribution in [-0.2, 0) is 6.42 Å². The molecule has 0 radical (unpaired) electrons. The Bertz CT molecular complexity index is 890. The molecule has 1 aliphatic heterocycles. The van der Waals surface area contributed by atoms with Gasteiger partial charge in [0.1, 0.15) is 5.75 Å². The third kappa shape index (κ3) is 3.32. The number of carbonyl (C=O) groups excluding carboxylic acids is 1. The summed E-state index contributed by atoms with van der Waals surface area (Å²) < 4.78 is 5.16. The van der Waals surface area contributed by atoms with Gasteiger partial charge in [-0.05, 0) is 61.1 Å². The van der Waals surface area contributed by atoms with Gasteiger partial charge in [0.2, 0.25) is 0 Å². The van der Waals surface area contributed by atoms with Crippen molar-refractivity contribution in [2.45, 2.75) is 19.3 Å². The highest BCUT2D eigenvalue weighted by Crippen LogP contribution is 2.27. The van der Waals surface area contributed by atoms with E-state index in [0.29, 0.717) is 5.92 Å². The van der Waals surface area contributed by atoms with Crippen LogP contribution >= 0.6 is 0 Å². The van der Waals surface area contributed by atoms with Crippen LogP contribution in [0.5, 0.6) is 5.75 Å². The third-order valence-corrected chi connectivity index (χ3v) is 5.42. The van der Waals surface area contributed by atoms with Crippen molar-refractivity contribution in [3.05, 3.63) is 65.9 Å². The number of para-hydroxylation sites is 1. The first-order valence-electron chi connectivity index (χ1n) is 9.23. The molecular formula is C22H24N2O2. The van der Waals surface area contributed by atoms with E-state index < -0.39 is 0 Å². The molecule has 0 bridgehead atoms. The van der Waals surface area contributed by atoms with E-state index in [2.05, 4.69) is 35.4 Å². The summed E-state index contributed by atoms with van der Waals surface area (Å²) in [5, 5.41) is 1.32. The first kappa shape index (κ1) is 16.7. The molecular weight excluding hydrogens is 324 g/mol. The maximum atomic E-state index is 12.7. The highest BCUT2D eigenvalue weighted by Gasteiger charge is 2.24. The second-order valence-corrected chi connectivity index (χ2v) is 7.03. The zero-order valence-corrected chi connectivity index (χ0v) is 15.1. The average molecular weight is 348 g/mol. The summed E-state index contributed by atoms with van der Waals surface area (Å²) in [5.74, 6) is 1.53. The highest BCUT2D eigenvalue weighted by molar-refractivity contribution is 5.94. The first-order chi connectivity index (χ1) is 12.7. The van der Waals surface area contributed by atoms with Gasteiger partial charge in [-0.15, -0.1) is 0 Å². The number of hydrogen-bond acceptors (Lipinski definition) is 2. The van der Waals surface area contributed by atoms with Crippen molar-refractivity contribution in [3.8, 4) is 5.75 Å². The second kappa shape index (κ2) is 7.24. The number of benzene rings is 2. The molecule has 1 amide bonds. The Hall–Kier alpha value is -2.75. The molecule has 0 saturated carbocycles. The fourth-order valence-corrected chi connectivity index (χ4v) is 3.87. The van der Waals surface area contributed by atoms with Crippen LogP contribution in [0.2, 0.25) is 0 Å². The quantitative estimate of drug-likeness (QED) is 0.765. The summed E-state index contributed by atoms with van der Waals surface area (Å²) in [7, 11) is 1.63. The molecule has 1 fully saturated rings. The Morgan fingerprint density at radius 2 is 1.85 bits per heavy atom. The predicted molar refractivity (Wildman–Crippen MR) is 104 cm³/mol. The van der Waals surface area contributed by atoms with E-state index in [9.17, 15) is 4.79 Å². The third-order valence-electron chi connectivity index (χ3n) is 5.42. The van der Waals surface area contributed by atoms with Crippen molar-refractivity contribution in [2.24, 2.45) is 5.92 Å². The minimum absolute atomic E-state index is 0.123. The van der Waals surface area contributed by atoms with Gasteiger partial charge in [0.25, 0.3) is 5.91 Å². The number of aromatic nitrogens is 1. The van der Waals surface area contributed by atoms with E-state index in [4.69, 9.17) is 4.74 Å². The number of ether oxygens (including phenoxy) is 1. The Labute approximate surface area is 153 Å². The summed E-state index contributed by atoms with van der Waals surface area (Å²) in [6, 6.07) is 15.8. The number of nitrogens with zero attached hydrogens (tertiary/aromatic N) is 1. The molecule has 4 heteroatoms. The van der Waals surface area contributed by atoms with E-state index in [-0.39, 0.29) is 5.91 Å². The number of likely N-dealkylation sites (tertiary alicyclic amines) is 1. The van der Waals surface area contributed by atoms with Gasteiger partial charge in [0, 0.05) is 35.8 Å². The molecule has 0 unspecified atom stereocenters. The lowest BCUT2D eigenvalue weighted by Crippen LogP contribution is -2.38. The van der Waals surface area contributed by atoms with Gasteiger partial charge in [-0.3, -0.25) is 4.79 Å². The SMILES string of the molecule is COc1ccc(C(=O)N2CCC(Cc3c[nH]c4ccccc34)CC2)cc1. The standard InChI is InChI=1S/C22H24N2O2/c1-26-19-8-6-17(7-9-19)22(25)24-12-10-16(11-13-24)14-18-15-23-21-5-3-2-4-20(18)21/h2-9,15-16,23H,10-14H2,1H3. The molecule has 0 spiro atoms. The smallest absolute Gasteiger partial charge is 0.253 e. The molecule has 0 atom stereocenters. The van der Waals surface area contributed by atoms with Crippen molar-refractivity contribution in [1.29, 1.82) is 0 Å². The van der Waals surface area contributed by atoms with Gasteiger partial charge < -0.3 is 14.6 Å². The van der Waals surface area contributed by atoms with Crippen LogP contribution in [0.15, 0.2) is 54.7 Å². The number of hydrogen-bond donors (Lipinski definition) is 1. The van der Waals surface area contributed by atoms with Gasteiger partial charge >= 0.3 is 0 Å². The van der Waals surface area contributed by atoms with E-state index in [1.165, 1.54) is 16.5 Å². The Morgan fingerprint density at radius 3 is 2.58 bits per heavy atom. The van der Waals surface area contributed by atoms with Crippen molar-refractivity contribution < 1.29 is 9.53 Å². The molecule has 1 aromatic heterocycles. The van der Waals surface area contributed by atoms with Gasteiger partial charge in [-0.2, -0.15) is 0 Å². The Morgan fingerprint density at radius 1 is 1.12 bits per heavy atom. The number of rotatable bonds is 4. The van der Waals surface area contributed by atoms with Crippen molar-refractivity contribution in [2.75, 3.05) is 20.2 Å². The number of piperidine rings is 1. The summed E-state index contributed by atoms with van der Waals surface area (Å²) in [4.78, 5) is 18.0. The zero-order chi connectivity index (χ0) is 17.9. The van der Waals surface area contributed by atoms with E-state index in [1.807, 2.05) is 29.2 Å². The lowest BCUT2D eigenvalue weighted by atomic mass is 9.90. The van der Waals surface area contributed by atoms with Crippen LogP contribution in [0.25, 0.3) is 10.9 Å². The van der Waals surface area contributed by atoms with Crippen LogP contribution in [0.3, 0.4) is 0 Å². The average Bonchev–Trinajstić information content (AvgIpc) is 3.11. The van der Waals surface area contributed by atoms with Gasteiger partial charge in [0.05, 0.1) is 7.11 Å². The fraction of sp³-hybridized carbons (Fsp3) is 0.318. The molecule has 3 aromatic rings. The molecule has 0 aliphatic carbocycles. The van der Waals surface area contributed by atoms with Crippen LogP contribution < -0.4 is 4.74 Å². The van der Waals surface area contributed by atoms with Crippen molar-refractivity contribution >= 4 is 16.8 Å². The fourth-order valence-electron chi connectivity index (χ4n) is 3.87. The molecule has 2 aromatic carbocycles. The van der Waals surface area contributed by atoms with E-state index in [0.717, 1.165) is 43.7 Å². The second-order valence-electron chi connectivity index (χ2n) is 7.03. The Balaban J connectivity index is 1.37. The topological polar surface area (TPSA) is 45.3 Å². The van der Waals surface area contributed by atoms with Crippen LogP contribution in [0.1, 0.15) is 28.8 Å². The minimum Gasteiger partial charge on any atom is -0.497 e. The van der Waals surface area contributed by atoms with Crippen LogP contribution in [0.4, 0.5) is 0 Å². The normalized spacial score (nSPS) is 15.3. The molecule has 1 aliphatic rings. The van der Waals surface area contributed by atoms with Gasteiger partial charge in [0.15, 0.2) is 0 Å². The lowest BCUT2D eigenvalue weighted by molar-refractivity contribution is 0.0690. The minimum atomic E-state index is 0.123. The summed E-state index contributed by atoms with van der Waals surface area (Å²) in [6.07, 6.45) is 5.33. The number of aromatic amines is 1. The van der Waals surface area contributed by atoms with Crippen molar-refractivity contribution in [1.82, 2.24) is 9.88 Å². The maximum Gasteiger partial charge on any atom is 0.253 e. The highest BCUT2D eigenvalue weighted by atomic mass is 16.5. The number of amides is 1. The monoisotopic (exact) mass is 348 g/mol. The lowest BCUT2D eigenvalue weighted by Gasteiger charge is -2.32. The first-order valence-corrected chi connectivity index (χ1v) is 9.23. The number of fused-ring (bicyclic) bond motifs is 1. The molecule has 4 rings (SSSR count). The summed E-state index contributed by atoms with van der Waals surface area (Å²) in [5.41, 5.74) is 3.33. The number of carbonyl (C=O) groups is 1. The van der Waals surface area contributed by atoms with Crippen LogP contribution in [0, 0.1) is 5.92 Å². The van der Waals surface area contributed by atoms with E-state index in [1.54, 1.807) is 7.11 Å². The van der Waals surface area contributed by atoms with Gasteiger partial charge in [-0.1, -0.05) is 18.2 Å². The molecule has 2 heterocycles. The number of nitrogens with one attached hydrogen (secondary N) is 1.